The van der Waals surface area contributed by atoms with E-state index in [-0.39, 0.29) is 0 Å². The molecule has 0 spiro atoms. The summed E-state index contributed by atoms with van der Waals surface area (Å²) in [4.78, 5) is 44.7. The number of carbonyl (C=O) groups excluding carboxylic acids is 3. The van der Waals surface area contributed by atoms with Crippen LogP contribution < -0.4 is 0 Å². The third kappa shape index (κ3) is 3.94. The Balaban J connectivity index is 1.90. The largest absolute Gasteiger partial charge is 0.379 e. The van der Waals surface area contributed by atoms with Gasteiger partial charge >= 0.3 is 6.03 Å². The van der Waals surface area contributed by atoms with Crippen molar-refractivity contribution in [1.29, 1.82) is 0 Å². The van der Waals surface area contributed by atoms with Gasteiger partial charge in [-0.3, -0.25) is 29.3 Å². The molecule has 0 bridgehead atoms. The first-order valence-electron chi connectivity index (χ1n) is 7.83. The van der Waals surface area contributed by atoms with Gasteiger partial charge in [0.2, 0.25) is 11.8 Å². The summed E-state index contributed by atoms with van der Waals surface area (Å²) in [6, 6.07) is -0.601. The number of hydrogen-bond acceptors (Lipinski definition) is 6. The van der Waals surface area contributed by atoms with Crippen molar-refractivity contribution in [2.75, 3.05) is 53.5 Å². The Labute approximate surface area is 136 Å². The lowest BCUT2D eigenvalue weighted by Gasteiger charge is -2.32. The van der Waals surface area contributed by atoms with E-state index >= 15 is 0 Å². The smallest absolute Gasteiger partial charge is 0.332 e. The van der Waals surface area contributed by atoms with Crippen LogP contribution in [0.2, 0.25) is 0 Å². The lowest BCUT2D eigenvalue weighted by Crippen LogP contribution is -2.58. The Morgan fingerprint density at radius 1 is 1.13 bits per heavy atom. The Bertz CT molecular complexity index is 490. The number of amides is 4. The maximum absolute atomic E-state index is 12.2. The van der Waals surface area contributed by atoms with Crippen molar-refractivity contribution in [3.63, 3.8) is 0 Å². The van der Waals surface area contributed by atoms with Crippen LogP contribution in [0.3, 0.4) is 0 Å². The third-order valence-electron chi connectivity index (χ3n) is 4.24. The molecular formula is C15H24N4O4. The van der Waals surface area contributed by atoms with E-state index in [0.717, 1.165) is 49.1 Å². The number of morpholine rings is 1. The van der Waals surface area contributed by atoms with Crippen molar-refractivity contribution in [2.45, 2.75) is 13.3 Å². The quantitative estimate of drug-likeness (QED) is 0.398. The van der Waals surface area contributed by atoms with Crippen LogP contribution in [0, 0.1) is 5.92 Å². The number of hydrogen-bond donors (Lipinski definition) is 0. The predicted molar refractivity (Wildman–Crippen MR) is 84.3 cm³/mol. The molecule has 0 N–H and O–H groups in total. The Morgan fingerprint density at radius 3 is 2.26 bits per heavy atom. The zero-order chi connectivity index (χ0) is 17.0. The number of nitrogens with zero attached hydrogens (tertiary/aromatic N) is 4. The van der Waals surface area contributed by atoms with Crippen molar-refractivity contribution in [3.05, 3.63) is 0 Å². The molecule has 2 saturated heterocycles. The molecule has 0 atom stereocenters. The average Bonchev–Trinajstić information content (AvgIpc) is 2.56. The fraction of sp³-hybridized carbons (Fsp3) is 0.733. The summed E-state index contributed by atoms with van der Waals surface area (Å²) in [5, 5.41) is 0. The number of ether oxygens (including phenoxy) is 1. The van der Waals surface area contributed by atoms with Crippen LogP contribution in [-0.4, -0.2) is 91.7 Å². The molecule has 2 fully saturated rings. The van der Waals surface area contributed by atoms with E-state index in [1.165, 1.54) is 14.1 Å². The Kier molecular flexibility index (Phi) is 5.84. The van der Waals surface area contributed by atoms with Crippen LogP contribution in [0.15, 0.2) is 4.99 Å². The molecule has 0 unspecified atom stereocenters. The Morgan fingerprint density at radius 2 is 1.70 bits per heavy atom. The van der Waals surface area contributed by atoms with Gasteiger partial charge in [-0.25, -0.2) is 4.79 Å². The van der Waals surface area contributed by atoms with Gasteiger partial charge < -0.3 is 4.74 Å². The molecule has 2 aliphatic heterocycles. The zero-order valence-corrected chi connectivity index (χ0v) is 13.9. The maximum Gasteiger partial charge on any atom is 0.332 e. The van der Waals surface area contributed by atoms with E-state index in [0.29, 0.717) is 12.3 Å². The summed E-state index contributed by atoms with van der Waals surface area (Å²) < 4.78 is 5.29. The standard InChI is InChI=1S/C15H24N4O4/c1-11(16-5-4-6-19-7-9-23-10-8-19)12-13(20)17(2)15(22)18(3)14(12)21/h12H,4-10H2,1-3H3. The number of rotatable bonds is 5. The molecule has 0 radical (unpaired) electrons. The van der Waals surface area contributed by atoms with E-state index in [1.54, 1.807) is 6.92 Å². The number of aliphatic imine (C=N–C) groups is 1. The van der Waals surface area contributed by atoms with E-state index in [4.69, 9.17) is 4.74 Å². The van der Waals surface area contributed by atoms with E-state index in [1.807, 2.05) is 0 Å². The summed E-state index contributed by atoms with van der Waals surface area (Å²) in [5.74, 6) is -1.99. The molecule has 0 aliphatic carbocycles. The van der Waals surface area contributed by atoms with Crippen LogP contribution in [-0.2, 0) is 14.3 Å². The fourth-order valence-electron chi connectivity index (χ4n) is 2.73. The molecule has 0 saturated carbocycles. The first-order valence-corrected chi connectivity index (χ1v) is 7.83. The van der Waals surface area contributed by atoms with Crippen LogP contribution >= 0.6 is 0 Å². The molecule has 128 valence electrons. The number of barbiturate groups is 1. The Hall–Kier alpha value is -1.80. The second kappa shape index (κ2) is 7.65. The van der Waals surface area contributed by atoms with Crippen molar-refractivity contribution in [3.8, 4) is 0 Å². The van der Waals surface area contributed by atoms with Crippen molar-refractivity contribution in [2.24, 2.45) is 10.9 Å². The highest BCUT2D eigenvalue weighted by molar-refractivity contribution is 6.26. The highest BCUT2D eigenvalue weighted by Crippen LogP contribution is 2.17. The topological polar surface area (TPSA) is 82.5 Å². The minimum Gasteiger partial charge on any atom is -0.379 e. The van der Waals surface area contributed by atoms with Gasteiger partial charge in [0.05, 0.1) is 13.2 Å². The molecule has 0 aromatic rings. The van der Waals surface area contributed by atoms with E-state index in [2.05, 4.69) is 9.89 Å². The average molecular weight is 324 g/mol. The highest BCUT2D eigenvalue weighted by atomic mass is 16.5. The third-order valence-corrected chi connectivity index (χ3v) is 4.24. The lowest BCUT2D eigenvalue weighted by molar-refractivity contribution is -0.144. The van der Waals surface area contributed by atoms with E-state index in [9.17, 15) is 14.4 Å². The van der Waals surface area contributed by atoms with Gasteiger partial charge in [0.1, 0.15) is 0 Å². The highest BCUT2D eigenvalue weighted by Gasteiger charge is 2.43. The number of imide groups is 2. The van der Waals surface area contributed by atoms with Gasteiger partial charge in [-0.2, -0.15) is 0 Å². The van der Waals surface area contributed by atoms with Gasteiger partial charge in [0, 0.05) is 46.0 Å². The molecule has 8 nitrogen and oxygen atoms in total. The fourth-order valence-corrected chi connectivity index (χ4v) is 2.73. The molecule has 0 aromatic carbocycles. The summed E-state index contributed by atoms with van der Waals surface area (Å²) >= 11 is 0. The second-order valence-corrected chi connectivity index (χ2v) is 5.84. The van der Waals surface area contributed by atoms with Crippen LogP contribution in [0.5, 0.6) is 0 Å². The normalized spacial score (nSPS) is 22.2. The first kappa shape index (κ1) is 17.6. The molecule has 2 heterocycles. The van der Waals surface area contributed by atoms with Crippen LogP contribution in [0.25, 0.3) is 0 Å². The summed E-state index contributed by atoms with van der Waals surface area (Å²) in [5.41, 5.74) is 0.466. The molecule has 0 aromatic heterocycles. The summed E-state index contributed by atoms with van der Waals surface area (Å²) in [6.07, 6.45) is 0.858. The van der Waals surface area contributed by atoms with Gasteiger partial charge in [-0.05, 0) is 13.3 Å². The van der Waals surface area contributed by atoms with Gasteiger partial charge in [-0.15, -0.1) is 0 Å². The molecule has 2 rings (SSSR count). The predicted octanol–water partition coefficient (Wildman–Crippen LogP) is -0.164. The van der Waals surface area contributed by atoms with Gasteiger partial charge in [0.25, 0.3) is 0 Å². The lowest BCUT2D eigenvalue weighted by atomic mass is 9.99. The van der Waals surface area contributed by atoms with Crippen molar-refractivity contribution < 1.29 is 19.1 Å². The first-order chi connectivity index (χ1) is 10.9. The summed E-state index contributed by atoms with van der Waals surface area (Å²) in [6.45, 7) is 6.54. The minimum atomic E-state index is -0.980. The van der Waals surface area contributed by atoms with Crippen molar-refractivity contribution >= 4 is 23.6 Å². The maximum atomic E-state index is 12.2. The molecular weight excluding hydrogens is 300 g/mol. The molecule has 4 amide bonds. The van der Waals surface area contributed by atoms with Crippen molar-refractivity contribution in [1.82, 2.24) is 14.7 Å². The van der Waals surface area contributed by atoms with Gasteiger partial charge in [-0.1, -0.05) is 0 Å². The zero-order valence-electron chi connectivity index (χ0n) is 13.9. The van der Waals surface area contributed by atoms with Crippen LogP contribution in [0.4, 0.5) is 4.79 Å². The SMILES string of the molecule is CC(=NCCCN1CCOCC1)C1C(=O)N(C)C(=O)N(C)C1=O. The molecule has 8 heteroatoms. The molecule has 23 heavy (non-hydrogen) atoms. The van der Waals surface area contributed by atoms with Gasteiger partial charge in [0.15, 0.2) is 5.92 Å². The summed E-state index contributed by atoms with van der Waals surface area (Å²) in [7, 11) is 2.76. The van der Waals surface area contributed by atoms with E-state index < -0.39 is 23.8 Å². The number of urea groups is 1. The monoisotopic (exact) mass is 324 g/mol. The number of carbonyl (C=O) groups is 3. The minimum absolute atomic E-state index is 0.466. The molecule has 2 aliphatic rings. The second-order valence-electron chi connectivity index (χ2n) is 5.84. The van der Waals surface area contributed by atoms with Crippen LogP contribution in [0.1, 0.15) is 13.3 Å².